The van der Waals surface area contributed by atoms with Crippen LogP contribution in [0.5, 0.6) is 0 Å². The van der Waals surface area contributed by atoms with Gasteiger partial charge < -0.3 is 16.0 Å². The van der Waals surface area contributed by atoms with E-state index in [0.29, 0.717) is 6.54 Å². The smallest absolute Gasteiger partial charge is 0.222 e. The number of nitrogen functional groups attached to an aromatic ring is 1. The Kier molecular flexibility index (Phi) is 5.07. The first-order chi connectivity index (χ1) is 12.4. The predicted octanol–water partition coefficient (Wildman–Crippen LogP) is 4.02. The van der Waals surface area contributed by atoms with E-state index < -0.39 is 0 Å². The topological polar surface area (TPSA) is 67.1 Å². The third-order valence-corrected chi connectivity index (χ3v) is 4.19. The van der Waals surface area contributed by atoms with Crippen LogP contribution in [0.2, 0.25) is 0 Å². The van der Waals surface area contributed by atoms with Crippen molar-refractivity contribution in [2.24, 2.45) is 0 Å². The molecular weight excluding hydrogens is 322 g/mol. The number of aromatic nitrogens is 2. The van der Waals surface area contributed by atoms with Crippen molar-refractivity contribution in [3.05, 3.63) is 65.2 Å². The molecule has 0 atom stereocenters. The second kappa shape index (κ2) is 7.44. The molecule has 0 spiro atoms. The molecular formula is C21H25N5. The van der Waals surface area contributed by atoms with Crippen LogP contribution in [0.4, 0.5) is 17.5 Å². The first-order valence-electron chi connectivity index (χ1n) is 8.64. The van der Waals surface area contributed by atoms with E-state index >= 15 is 0 Å². The summed E-state index contributed by atoms with van der Waals surface area (Å²) in [6.45, 7) is 4.84. The van der Waals surface area contributed by atoms with Gasteiger partial charge in [-0.2, -0.15) is 4.98 Å². The SMILES string of the molecule is Cc1cc(C)cc(-c2cc(NCc3ccc(N(C)C)cc3)nc(N)n2)c1. The summed E-state index contributed by atoms with van der Waals surface area (Å²) in [5.41, 5.74) is 12.6. The van der Waals surface area contributed by atoms with Crippen LogP contribution in [-0.4, -0.2) is 24.1 Å². The molecule has 0 aliphatic carbocycles. The Bertz CT molecular complexity index is 881. The zero-order valence-electron chi connectivity index (χ0n) is 15.7. The number of nitrogens with zero attached hydrogens (tertiary/aromatic N) is 3. The summed E-state index contributed by atoms with van der Waals surface area (Å²) in [6, 6.07) is 16.7. The third-order valence-electron chi connectivity index (χ3n) is 4.19. The molecule has 0 bridgehead atoms. The fourth-order valence-corrected chi connectivity index (χ4v) is 2.93. The first-order valence-corrected chi connectivity index (χ1v) is 8.64. The van der Waals surface area contributed by atoms with Crippen LogP contribution in [0.1, 0.15) is 16.7 Å². The minimum atomic E-state index is 0.270. The summed E-state index contributed by atoms with van der Waals surface area (Å²) in [5.74, 6) is 0.996. The molecule has 0 aliphatic rings. The van der Waals surface area contributed by atoms with Crippen molar-refractivity contribution in [1.29, 1.82) is 0 Å². The van der Waals surface area contributed by atoms with E-state index in [1.165, 1.54) is 22.4 Å². The maximum absolute atomic E-state index is 5.93. The van der Waals surface area contributed by atoms with Gasteiger partial charge in [-0.05, 0) is 43.7 Å². The number of nitrogens with two attached hydrogens (primary N) is 1. The van der Waals surface area contributed by atoms with Crippen LogP contribution in [0, 0.1) is 13.8 Å². The number of nitrogens with one attached hydrogen (secondary N) is 1. The summed E-state index contributed by atoms with van der Waals surface area (Å²) in [5, 5.41) is 3.35. The summed E-state index contributed by atoms with van der Waals surface area (Å²) < 4.78 is 0. The van der Waals surface area contributed by atoms with Crippen LogP contribution in [0.25, 0.3) is 11.3 Å². The van der Waals surface area contributed by atoms with Crippen molar-refractivity contribution in [3.8, 4) is 11.3 Å². The van der Waals surface area contributed by atoms with Gasteiger partial charge in [-0.15, -0.1) is 0 Å². The molecule has 134 valence electrons. The number of aryl methyl sites for hydroxylation is 2. The lowest BCUT2D eigenvalue weighted by atomic mass is 10.0. The molecule has 1 heterocycles. The van der Waals surface area contributed by atoms with Gasteiger partial charge in [-0.1, -0.05) is 29.3 Å². The molecule has 3 aromatic rings. The van der Waals surface area contributed by atoms with Crippen molar-refractivity contribution in [1.82, 2.24) is 9.97 Å². The van der Waals surface area contributed by atoms with Gasteiger partial charge in [0.25, 0.3) is 0 Å². The average molecular weight is 347 g/mol. The highest BCUT2D eigenvalue weighted by Gasteiger charge is 2.07. The molecule has 1 aromatic heterocycles. The highest BCUT2D eigenvalue weighted by Crippen LogP contribution is 2.23. The highest BCUT2D eigenvalue weighted by molar-refractivity contribution is 5.65. The quantitative estimate of drug-likeness (QED) is 0.730. The molecule has 0 radical (unpaired) electrons. The van der Waals surface area contributed by atoms with Crippen molar-refractivity contribution in [2.75, 3.05) is 30.0 Å². The van der Waals surface area contributed by atoms with E-state index in [2.05, 4.69) is 76.5 Å². The minimum Gasteiger partial charge on any atom is -0.378 e. The van der Waals surface area contributed by atoms with E-state index in [-0.39, 0.29) is 5.95 Å². The summed E-state index contributed by atoms with van der Waals surface area (Å²) in [6.07, 6.45) is 0. The van der Waals surface area contributed by atoms with E-state index in [1.54, 1.807) is 0 Å². The molecule has 0 saturated heterocycles. The lowest BCUT2D eigenvalue weighted by Crippen LogP contribution is -2.09. The van der Waals surface area contributed by atoms with Gasteiger partial charge in [-0.25, -0.2) is 4.98 Å². The molecule has 0 unspecified atom stereocenters. The van der Waals surface area contributed by atoms with Crippen LogP contribution in [0.3, 0.4) is 0 Å². The number of benzene rings is 2. The minimum absolute atomic E-state index is 0.270. The Labute approximate surface area is 154 Å². The van der Waals surface area contributed by atoms with E-state index in [4.69, 9.17) is 5.73 Å². The first kappa shape index (κ1) is 17.7. The van der Waals surface area contributed by atoms with Gasteiger partial charge in [0.2, 0.25) is 5.95 Å². The fourth-order valence-electron chi connectivity index (χ4n) is 2.93. The molecule has 0 aliphatic heterocycles. The maximum atomic E-state index is 5.93. The van der Waals surface area contributed by atoms with Gasteiger partial charge in [0, 0.05) is 38.0 Å². The fraction of sp³-hybridized carbons (Fsp3) is 0.238. The van der Waals surface area contributed by atoms with E-state index in [9.17, 15) is 0 Å². The predicted molar refractivity (Wildman–Crippen MR) is 109 cm³/mol. The molecule has 2 aromatic carbocycles. The maximum Gasteiger partial charge on any atom is 0.222 e. The largest absolute Gasteiger partial charge is 0.378 e. The van der Waals surface area contributed by atoms with Gasteiger partial charge in [0.05, 0.1) is 5.69 Å². The van der Waals surface area contributed by atoms with Gasteiger partial charge in [0.1, 0.15) is 5.82 Å². The molecule has 0 amide bonds. The third kappa shape index (κ3) is 4.30. The summed E-state index contributed by atoms with van der Waals surface area (Å²) in [7, 11) is 4.07. The molecule has 0 fully saturated rings. The highest BCUT2D eigenvalue weighted by atomic mass is 15.1. The van der Waals surface area contributed by atoms with Gasteiger partial charge in [-0.3, -0.25) is 0 Å². The molecule has 5 heteroatoms. The van der Waals surface area contributed by atoms with Crippen molar-refractivity contribution in [3.63, 3.8) is 0 Å². The van der Waals surface area contributed by atoms with Crippen molar-refractivity contribution < 1.29 is 0 Å². The van der Waals surface area contributed by atoms with Crippen LogP contribution >= 0.6 is 0 Å². The Morgan fingerprint density at radius 3 is 2.19 bits per heavy atom. The van der Waals surface area contributed by atoms with Crippen LogP contribution < -0.4 is 16.0 Å². The standard InChI is InChI=1S/C21H25N5/c1-14-9-15(2)11-17(10-14)19-12-20(25-21(22)24-19)23-13-16-5-7-18(8-6-16)26(3)4/h5-12H,13H2,1-4H3,(H3,22,23,24,25). The Morgan fingerprint density at radius 2 is 1.58 bits per heavy atom. The lowest BCUT2D eigenvalue weighted by molar-refractivity contribution is 1.08. The number of anilines is 3. The normalized spacial score (nSPS) is 10.6. The second-order valence-electron chi connectivity index (χ2n) is 6.79. The monoisotopic (exact) mass is 347 g/mol. The Hall–Kier alpha value is -3.08. The zero-order valence-corrected chi connectivity index (χ0v) is 15.7. The summed E-state index contributed by atoms with van der Waals surface area (Å²) in [4.78, 5) is 10.8. The van der Waals surface area contributed by atoms with E-state index in [1.807, 2.05) is 20.2 Å². The molecule has 3 rings (SSSR count). The average Bonchev–Trinajstić information content (AvgIpc) is 2.59. The number of hydrogen-bond donors (Lipinski definition) is 2. The number of rotatable bonds is 5. The van der Waals surface area contributed by atoms with Crippen molar-refractivity contribution in [2.45, 2.75) is 20.4 Å². The molecule has 0 saturated carbocycles. The lowest BCUT2D eigenvalue weighted by Gasteiger charge is -2.13. The van der Waals surface area contributed by atoms with Crippen LogP contribution in [-0.2, 0) is 6.54 Å². The Balaban J connectivity index is 1.79. The zero-order chi connectivity index (χ0) is 18.7. The second-order valence-corrected chi connectivity index (χ2v) is 6.79. The Morgan fingerprint density at radius 1 is 0.923 bits per heavy atom. The molecule has 3 N–H and O–H groups in total. The molecule has 5 nitrogen and oxygen atoms in total. The van der Waals surface area contributed by atoms with Crippen LogP contribution in [0.15, 0.2) is 48.5 Å². The molecule has 26 heavy (non-hydrogen) atoms. The van der Waals surface area contributed by atoms with Gasteiger partial charge in [0.15, 0.2) is 0 Å². The van der Waals surface area contributed by atoms with Crippen molar-refractivity contribution >= 4 is 17.5 Å². The van der Waals surface area contributed by atoms with Gasteiger partial charge >= 0.3 is 0 Å². The van der Waals surface area contributed by atoms with E-state index in [0.717, 1.165) is 17.1 Å². The summed E-state index contributed by atoms with van der Waals surface area (Å²) >= 11 is 0. The number of hydrogen-bond acceptors (Lipinski definition) is 5.